The van der Waals surface area contributed by atoms with Crippen molar-refractivity contribution < 1.29 is 4.79 Å². The first kappa shape index (κ1) is 14.5. The molecule has 0 atom stereocenters. The van der Waals surface area contributed by atoms with E-state index in [9.17, 15) is 4.79 Å². The summed E-state index contributed by atoms with van der Waals surface area (Å²) in [6.07, 6.45) is 4.12. The van der Waals surface area contributed by atoms with Gasteiger partial charge in [-0.2, -0.15) is 0 Å². The van der Waals surface area contributed by atoms with Crippen LogP contribution in [0.4, 0.5) is 0 Å². The smallest absolute Gasteiger partial charge is 0.224 e. The van der Waals surface area contributed by atoms with Gasteiger partial charge in [-0.05, 0) is 34.1 Å². The fraction of sp³-hybridized carbons (Fsp3) is 0.929. The number of carbonyl (C=O) groups excluding carboxylic acids is 1. The van der Waals surface area contributed by atoms with Gasteiger partial charge in [-0.3, -0.25) is 4.79 Å². The van der Waals surface area contributed by atoms with E-state index in [1.54, 1.807) is 0 Å². The number of carbonyl (C=O) groups is 1. The van der Waals surface area contributed by atoms with Gasteiger partial charge in [0.05, 0.1) is 0 Å². The van der Waals surface area contributed by atoms with Gasteiger partial charge in [0.1, 0.15) is 0 Å². The topological polar surface area (TPSA) is 32.3 Å². The molecule has 0 saturated carbocycles. The van der Waals surface area contributed by atoms with Crippen molar-refractivity contribution >= 4 is 5.91 Å². The molecule has 1 heterocycles. The van der Waals surface area contributed by atoms with E-state index >= 15 is 0 Å². The molecule has 3 heteroatoms. The Labute approximate surface area is 106 Å². The summed E-state index contributed by atoms with van der Waals surface area (Å²) in [7, 11) is 0. The molecule has 0 aromatic carbocycles. The third kappa shape index (κ3) is 3.98. The molecular formula is C14H28N2O. The third-order valence-electron chi connectivity index (χ3n) is 3.61. The maximum Gasteiger partial charge on any atom is 0.224 e. The van der Waals surface area contributed by atoms with Crippen LogP contribution in [0.25, 0.3) is 0 Å². The van der Waals surface area contributed by atoms with Gasteiger partial charge in [-0.1, -0.05) is 19.8 Å². The quantitative estimate of drug-likeness (QED) is 0.766. The van der Waals surface area contributed by atoms with Crippen LogP contribution in [0.2, 0.25) is 0 Å². The minimum atomic E-state index is -0.0755. The Balaban J connectivity index is 2.73. The molecule has 1 aliphatic rings. The predicted octanol–water partition coefficient (Wildman–Crippen LogP) is 2.56. The molecule has 100 valence electrons. The molecule has 1 rings (SSSR count). The summed E-state index contributed by atoms with van der Waals surface area (Å²) in [6, 6.07) is 0. The van der Waals surface area contributed by atoms with Crippen molar-refractivity contribution in [3.8, 4) is 0 Å². The van der Waals surface area contributed by atoms with Crippen molar-refractivity contribution in [1.82, 2.24) is 10.2 Å². The fourth-order valence-corrected chi connectivity index (χ4v) is 2.37. The number of hydrogen-bond donors (Lipinski definition) is 1. The predicted molar refractivity (Wildman–Crippen MR) is 72.0 cm³/mol. The Morgan fingerprint density at radius 1 is 1.24 bits per heavy atom. The lowest BCUT2D eigenvalue weighted by Crippen LogP contribution is -2.51. The zero-order valence-electron chi connectivity index (χ0n) is 12.1. The molecule has 1 N–H and O–H groups in total. The van der Waals surface area contributed by atoms with E-state index in [-0.39, 0.29) is 11.1 Å². The summed E-state index contributed by atoms with van der Waals surface area (Å²) >= 11 is 0. The first-order chi connectivity index (χ1) is 7.78. The number of unbranched alkanes of at least 4 members (excludes halogenated alkanes) is 2. The summed E-state index contributed by atoms with van der Waals surface area (Å²) in [5, 5.41) is 3.50. The van der Waals surface area contributed by atoms with E-state index in [1.807, 2.05) is 0 Å². The van der Waals surface area contributed by atoms with E-state index < -0.39 is 0 Å². The number of amides is 1. The van der Waals surface area contributed by atoms with Gasteiger partial charge < -0.3 is 10.2 Å². The highest BCUT2D eigenvalue weighted by Gasteiger charge is 2.38. The van der Waals surface area contributed by atoms with E-state index in [0.717, 1.165) is 19.5 Å². The Morgan fingerprint density at radius 3 is 2.47 bits per heavy atom. The molecule has 1 fully saturated rings. The van der Waals surface area contributed by atoms with Crippen LogP contribution in [-0.2, 0) is 4.79 Å². The second-order valence-corrected chi connectivity index (χ2v) is 6.48. The molecule has 0 aliphatic carbocycles. The minimum absolute atomic E-state index is 0.0708. The molecule has 17 heavy (non-hydrogen) atoms. The van der Waals surface area contributed by atoms with Gasteiger partial charge >= 0.3 is 0 Å². The fourth-order valence-electron chi connectivity index (χ4n) is 2.37. The third-order valence-corrected chi connectivity index (χ3v) is 3.61. The summed E-state index contributed by atoms with van der Waals surface area (Å²) in [5.74, 6) is 0.293. The lowest BCUT2D eigenvalue weighted by Gasteiger charge is -2.37. The Morgan fingerprint density at radius 2 is 1.88 bits per heavy atom. The Hall–Kier alpha value is -0.570. The summed E-state index contributed by atoms with van der Waals surface area (Å²) in [6.45, 7) is 12.5. The second kappa shape index (κ2) is 5.38. The van der Waals surface area contributed by atoms with Crippen molar-refractivity contribution in [3.05, 3.63) is 0 Å². The van der Waals surface area contributed by atoms with E-state index in [0.29, 0.717) is 12.3 Å². The SMILES string of the molecule is CCCCCN1C(=O)CC(C)(C)NCC1(C)C. The van der Waals surface area contributed by atoms with Crippen LogP contribution in [0.15, 0.2) is 0 Å². The van der Waals surface area contributed by atoms with Crippen LogP contribution in [0.5, 0.6) is 0 Å². The van der Waals surface area contributed by atoms with Crippen LogP contribution in [0.1, 0.15) is 60.3 Å². The molecule has 0 aromatic rings. The van der Waals surface area contributed by atoms with Gasteiger partial charge in [0.2, 0.25) is 5.91 Å². The summed E-state index contributed by atoms with van der Waals surface area (Å²) in [5.41, 5.74) is -0.146. The van der Waals surface area contributed by atoms with E-state index in [2.05, 4.69) is 44.8 Å². The zero-order chi connectivity index (χ0) is 13.1. The van der Waals surface area contributed by atoms with Crippen molar-refractivity contribution in [2.45, 2.75) is 71.4 Å². The molecule has 0 radical (unpaired) electrons. The molecule has 1 saturated heterocycles. The molecule has 0 aromatic heterocycles. The lowest BCUT2D eigenvalue weighted by molar-refractivity contribution is -0.135. The Bertz CT molecular complexity index is 271. The van der Waals surface area contributed by atoms with Crippen molar-refractivity contribution in [1.29, 1.82) is 0 Å². The normalized spacial score (nSPS) is 23.6. The standard InChI is InChI=1S/C14H28N2O/c1-6-7-8-9-16-12(17)10-13(2,3)15-11-14(16,4)5/h15H,6-11H2,1-5H3. The van der Waals surface area contributed by atoms with Crippen LogP contribution >= 0.6 is 0 Å². The highest BCUT2D eigenvalue weighted by Crippen LogP contribution is 2.24. The van der Waals surface area contributed by atoms with Crippen LogP contribution in [-0.4, -0.2) is 35.0 Å². The first-order valence-corrected chi connectivity index (χ1v) is 6.84. The number of hydrogen-bond acceptors (Lipinski definition) is 2. The van der Waals surface area contributed by atoms with Crippen molar-refractivity contribution in [3.63, 3.8) is 0 Å². The van der Waals surface area contributed by atoms with Gasteiger partial charge in [0.25, 0.3) is 0 Å². The van der Waals surface area contributed by atoms with Crippen LogP contribution in [0, 0.1) is 0 Å². The highest BCUT2D eigenvalue weighted by atomic mass is 16.2. The van der Waals surface area contributed by atoms with Gasteiger partial charge in [-0.15, -0.1) is 0 Å². The number of rotatable bonds is 4. The lowest BCUT2D eigenvalue weighted by atomic mass is 10.0. The van der Waals surface area contributed by atoms with Crippen LogP contribution in [0.3, 0.4) is 0 Å². The molecule has 0 unspecified atom stereocenters. The molecule has 0 bridgehead atoms. The van der Waals surface area contributed by atoms with Crippen molar-refractivity contribution in [2.75, 3.05) is 13.1 Å². The maximum atomic E-state index is 12.3. The molecule has 3 nitrogen and oxygen atoms in total. The van der Waals surface area contributed by atoms with Gasteiger partial charge in [0.15, 0.2) is 0 Å². The molecule has 1 amide bonds. The summed E-state index contributed by atoms with van der Waals surface area (Å²) in [4.78, 5) is 14.4. The van der Waals surface area contributed by atoms with Gasteiger partial charge in [-0.25, -0.2) is 0 Å². The number of nitrogens with one attached hydrogen (secondary N) is 1. The maximum absolute atomic E-state index is 12.3. The monoisotopic (exact) mass is 240 g/mol. The Kier molecular flexibility index (Phi) is 4.59. The minimum Gasteiger partial charge on any atom is -0.336 e. The van der Waals surface area contributed by atoms with Crippen molar-refractivity contribution in [2.24, 2.45) is 0 Å². The molecule has 0 spiro atoms. The van der Waals surface area contributed by atoms with Crippen LogP contribution < -0.4 is 5.32 Å². The van der Waals surface area contributed by atoms with E-state index in [1.165, 1.54) is 12.8 Å². The average Bonchev–Trinajstić information content (AvgIpc) is 2.27. The second-order valence-electron chi connectivity index (χ2n) is 6.48. The zero-order valence-corrected chi connectivity index (χ0v) is 12.1. The highest BCUT2D eigenvalue weighted by molar-refractivity contribution is 5.78. The average molecular weight is 240 g/mol. The van der Waals surface area contributed by atoms with E-state index in [4.69, 9.17) is 0 Å². The summed E-state index contributed by atoms with van der Waals surface area (Å²) < 4.78 is 0. The largest absolute Gasteiger partial charge is 0.336 e. The first-order valence-electron chi connectivity index (χ1n) is 6.84. The molecule has 1 aliphatic heterocycles. The van der Waals surface area contributed by atoms with Gasteiger partial charge in [0, 0.05) is 30.6 Å². The number of nitrogens with zero attached hydrogens (tertiary/aromatic N) is 1. The molecular weight excluding hydrogens is 212 g/mol.